The van der Waals surface area contributed by atoms with Gasteiger partial charge in [0.2, 0.25) is 0 Å². The lowest BCUT2D eigenvalue weighted by atomic mass is 10.2. The molecule has 0 aliphatic carbocycles. The molecular formula is C10H14N6. The van der Waals surface area contributed by atoms with Crippen LogP contribution >= 0.6 is 0 Å². The molecule has 2 aromatic heterocycles. The van der Waals surface area contributed by atoms with Crippen molar-refractivity contribution in [3.8, 4) is 11.5 Å². The standard InChI is InChI=1S/C10H14N6/c11-8-6-7(12-13-8)10-15-14-9-4-2-1-3-5-16(9)10/h6H,1-5H2,(H3,11,12,13). The zero-order chi connectivity index (χ0) is 11.0. The van der Waals surface area contributed by atoms with Gasteiger partial charge in [-0.2, -0.15) is 5.10 Å². The van der Waals surface area contributed by atoms with Gasteiger partial charge in [-0.05, 0) is 12.8 Å². The number of H-pyrrole nitrogens is 1. The molecule has 0 atom stereocenters. The Labute approximate surface area is 92.9 Å². The van der Waals surface area contributed by atoms with Crippen molar-refractivity contribution >= 4 is 5.82 Å². The molecule has 0 aromatic carbocycles. The highest BCUT2D eigenvalue weighted by Crippen LogP contribution is 2.21. The van der Waals surface area contributed by atoms with E-state index in [0.29, 0.717) is 5.82 Å². The molecule has 0 unspecified atom stereocenters. The number of nitrogen functional groups attached to an aromatic ring is 1. The van der Waals surface area contributed by atoms with Gasteiger partial charge in [0.05, 0.1) is 0 Å². The predicted molar refractivity (Wildman–Crippen MR) is 59.6 cm³/mol. The average Bonchev–Trinajstić information content (AvgIpc) is 2.79. The minimum Gasteiger partial charge on any atom is -0.382 e. The lowest BCUT2D eigenvalue weighted by molar-refractivity contribution is 0.636. The minimum atomic E-state index is 0.487. The Balaban J connectivity index is 2.05. The molecule has 0 bridgehead atoms. The third-order valence-electron chi connectivity index (χ3n) is 2.95. The van der Waals surface area contributed by atoms with Gasteiger partial charge in [-0.3, -0.25) is 5.10 Å². The molecule has 3 heterocycles. The molecule has 3 rings (SSSR count). The smallest absolute Gasteiger partial charge is 0.182 e. The summed E-state index contributed by atoms with van der Waals surface area (Å²) in [4.78, 5) is 0. The summed E-state index contributed by atoms with van der Waals surface area (Å²) in [6.45, 7) is 0.983. The highest BCUT2D eigenvalue weighted by molar-refractivity contribution is 5.54. The molecule has 0 fully saturated rings. The Morgan fingerprint density at radius 1 is 1.25 bits per heavy atom. The van der Waals surface area contributed by atoms with Crippen LogP contribution in [0.3, 0.4) is 0 Å². The third kappa shape index (κ3) is 1.46. The van der Waals surface area contributed by atoms with E-state index in [1.807, 2.05) is 0 Å². The van der Waals surface area contributed by atoms with Crippen LogP contribution in [0.25, 0.3) is 11.5 Å². The van der Waals surface area contributed by atoms with Gasteiger partial charge in [-0.25, -0.2) is 0 Å². The van der Waals surface area contributed by atoms with E-state index in [1.54, 1.807) is 6.07 Å². The van der Waals surface area contributed by atoms with E-state index in [-0.39, 0.29) is 0 Å². The Morgan fingerprint density at radius 2 is 2.19 bits per heavy atom. The monoisotopic (exact) mass is 218 g/mol. The Kier molecular flexibility index (Phi) is 2.12. The number of nitrogens with two attached hydrogens (primary N) is 1. The van der Waals surface area contributed by atoms with Crippen LogP contribution in [-0.4, -0.2) is 25.0 Å². The normalized spacial score (nSPS) is 15.8. The summed E-state index contributed by atoms with van der Waals surface area (Å²) in [5.41, 5.74) is 6.44. The van der Waals surface area contributed by atoms with E-state index in [1.165, 1.54) is 19.3 Å². The largest absolute Gasteiger partial charge is 0.382 e. The molecule has 1 aliphatic rings. The summed E-state index contributed by atoms with van der Waals surface area (Å²) in [5, 5.41) is 15.2. The van der Waals surface area contributed by atoms with Gasteiger partial charge >= 0.3 is 0 Å². The maximum Gasteiger partial charge on any atom is 0.182 e. The number of aromatic amines is 1. The van der Waals surface area contributed by atoms with Gasteiger partial charge in [-0.1, -0.05) is 6.42 Å². The van der Waals surface area contributed by atoms with E-state index in [0.717, 1.165) is 30.3 Å². The summed E-state index contributed by atoms with van der Waals surface area (Å²) in [5.74, 6) is 2.41. The molecule has 0 amide bonds. The fraction of sp³-hybridized carbons (Fsp3) is 0.500. The van der Waals surface area contributed by atoms with Gasteiger partial charge in [0, 0.05) is 19.0 Å². The molecule has 84 valence electrons. The first-order chi connectivity index (χ1) is 7.84. The second-order valence-electron chi connectivity index (χ2n) is 4.11. The zero-order valence-electron chi connectivity index (χ0n) is 8.98. The zero-order valence-corrected chi connectivity index (χ0v) is 8.98. The number of rotatable bonds is 1. The molecule has 6 nitrogen and oxygen atoms in total. The number of nitrogens with one attached hydrogen (secondary N) is 1. The SMILES string of the molecule is Nc1cc(-c2nnc3n2CCCCC3)[nH]n1. The predicted octanol–water partition coefficient (Wildman–Crippen LogP) is 0.977. The first-order valence-electron chi connectivity index (χ1n) is 5.58. The topological polar surface area (TPSA) is 85.4 Å². The molecule has 16 heavy (non-hydrogen) atoms. The summed E-state index contributed by atoms with van der Waals surface area (Å²) in [7, 11) is 0. The number of hydrogen-bond donors (Lipinski definition) is 2. The summed E-state index contributed by atoms with van der Waals surface area (Å²) in [6, 6.07) is 1.79. The summed E-state index contributed by atoms with van der Waals surface area (Å²) < 4.78 is 2.17. The molecule has 6 heteroatoms. The van der Waals surface area contributed by atoms with Crippen molar-refractivity contribution in [2.24, 2.45) is 0 Å². The van der Waals surface area contributed by atoms with Crippen molar-refractivity contribution in [1.82, 2.24) is 25.0 Å². The van der Waals surface area contributed by atoms with E-state index in [2.05, 4.69) is 25.0 Å². The molecule has 0 radical (unpaired) electrons. The molecule has 0 spiro atoms. The van der Waals surface area contributed by atoms with Crippen LogP contribution in [-0.2, 0) is 13.0 Å². The first kappa shape index (κ1) is 9.38. The van der Waals surface area contributed by atoms with Crippen LogP contribution in [0.4, 0.5) is 5.82 Å². The van der Waals surface area contributed by atoms with E-state index < -0.39 is 0 Å². The number of fused-ring (bicyclic) bond motifs is 1. The second kappa shape index (κ2) is 3.62. The Hall–Kier alpha value is -1.85. The first-order valence-corrected chi connectivity index (χ1v) is 5.58. The molecule has 3 N–H and O–H groups in total. The van der Waals surface area contributed by atoms with Crippen LogP contribution in [0.2, 0.25) is 0 Å². The summed E-state index contributed by atoms with van der Waals surface area (Å²) >= 11 is 0. The second-order valence-corrected chi connectivity index (χ2v) is 4.11. The van der Waals surface area contributed by atoms with Crippen molar-refractivity contribution < 1.29 is 0 Å². The minimum absolute atomic E-state index is 0.487. The van der Waals surface area contributed by atoms with Gasteiger partial charge in [0.25, 0.3) is 0 Å². The molecular weight excluding hydrogens is 204 g/mol. The van der Waals surface area contributed by atoms with E-state index in [9.17, 15) is 0 Å². The van der Waals surface area contributed by atoms with Gasteiger partial charge < -0.3 is 10.3 Å². The van der Waals surface area contributed by atoms with Crippen LogP contribution in [0.1, 0.15) is 25.1 Å². The van der Waals surface area contributed by atoms with Crippen LogP contribution in [0.15, 0.2) is 6.07 Å². The quantitative estimate of drug-likeness (QED) is 0.747. The van der Waals surface area contributed by atoms with Gasteiger partial charge in [0.1, 0.15) is 17.3 Å². The highest BCUT2D eigenvalue weighted by Gasteiger charge is 2.16. The average molecular weight is 218 g/mol. The number of hydrogen-bond acceptors (Lipinski definition) is 4. The van der Waals surface area contributed by atoms with Crippen molar-refractivity contribution in [2.45, 2.75) is 32.2 Å². The summed E-state index contributed by atoms with van der Waals surface area (Å²) in [6.07, 6.45) is 4.65. The maximum atomic E-state index is 5.59. The van der Waals surface area contributed by atoms with Crippen LogP contribution in [0, 0.1) is 0 Å². The maximum absolute atomic E-state index is 5.59. The number of aromatic nitrogens is 5. The van der Waals surface area contributed by atoms with Crippen LogP contribution < -0.4 is 5.73 Å². The van der Waals surface area contributed by atoms with E-state index >= 15 is 0 Å². The van der Waals surface area contributed by atoms with Crippen molar-refractivity contribution in [1.29, 1.82) is 0 Å². The molecule has 1 aliphatic heterocycles. The highest BCUT2D eigenvalue weighted by atomic mass is 15.3. The number of nitrogens with zero attached hydrogens (tertiary/aromatic N) is 4. The Morgan fingerprint density at radius 3 is 3.00 bits per heavy atom. The lowest BCUT2D eigenvalue weighted by Crippen LogP contribution is -2.03. The number of anilines is 1. The van der Waals surface area contributed by atoms with E-state index in [4.69, 9.17) is 5.73 Å². The molecule has 0 saturated heterocycles. The van der Waals surface area contributed by atoms with Crippen LogP contribution in [0.5, 0.6) is 0 Å². The van der Waals surface area contributed by atoms with Gasteiger partial charge in [-0.15, -0.1) is 10.2 Å². The molecule has 0 saturated carbocycles. The van der Waals surface area contributed by atoms with Crippen molar-refractivity contribution in [3.63, 3.8) is 0 Å². The van der Waals surface area contributed by atoms with Gasteiger partial charge in [0.15, 0.2) is 5.82 Å². The fourth-order valence-corrected chi connectivity index (χ4v) is 2.14. The third-order valence-corrected chi connectivity index (χ3v) is 2.95. The number of aryl methyl sites for hydroxylation is 1. The molecule has 2 aromatic rings. The fourth-order valence-electron chi connectivity index (χ4n) is 2.14. The lowest BCUT2D eigenvalue weighted by Gasteiger charge is -2.04. The Bertz CT molecular complexity index is 497. The van der Waals surface area contributed by atoms with Crippen molar-refractivity contribution in [3.05, 3.63) is 11.9 Å². The van der Waals surface area contributed by atoms with Crippen molar-refractivity contribution in [2.75, 3.05) is 5.73 Å².